The van der Waals surface area contributed by atoms with E-state index in [4.69, 9.17) is 4.74 Å². The number of nitrogens with one attached hydrogen (secondary N) is 2. The van der Waals surface area contributed by atoms with Crippen LogP contribution in [0, 0.1) is 0 Å². The summed E-state index contributed by atoms with van der Waals surface area (Å²) in [7, 11) is 0. The van der Waals surface area contributed by atoms with Gasteiger partial charge in [-0.05, 0) is 40.9 Å². The fourth-order valence-corrected chi connectivity index (χ4v) is 4.07. The number of likely N-dealkylation sites (tertiary alicyclic amines) is 1. The SMILES string of the molecule is O=C1CO[C@H]2CCN(C(=O)NCc3ccc4sccc4c3)C[C@@H]2N1. The van der Waals surface area contributed by atoms with Crippen molar-refractivity contribution in [1.82, 2.24) is 15.5 Å². The van der Waals surface area contributed by atoms with Gasteiger partial charge in [-0.25, -0.2) is 4.79 Å². The molecule has 126 valence electrons. The number of nitrogens with zero attached hydrogens (tertiary/aromatic N) is 1. The van der Waals surface area contributed by atoms with E-state index in [2.05, 4.69) is 34.2 Å². The van der Waals surface area contributed by atoms with Crippen molar-refractivity contribution in [2.24, 2.45) is 0 Å². The van der Waals surface area contributed by atoms with Crippen molar-refractivity contribution in [3.63, 3.8) is 0 Å². The summed E-state index contributed by atoms with van der Waals surface area (Å²) in [5.74, 6) is -0.109. The van der Waals surface area contributed by atoms with Crippen molar-refractivity contribution in [3.8, 4) is 0 Å². The van der Waals surface area contributed by atoms with Gasteiger partial charge in [0.15, 0.2) is 0 Å². The normalized spacial score (nSPS) is 23.7. The van der Waals surface area contributed by atoms with E-state index in [1.54, 1.807) is 16.2 Å². The van der Waals surface area contributed by atoms with Gasteiger partial charge < -0.3 is 20.3 Å². The standard InChI is InChI=1S/C17H19N3O3S/c21-16-10-23-14-3-5-20(9-13(14)19-16)17(22)18-8-11-1-2-15-12(7-11)4-6-24-15/h1-2,4,6-7,13-14H,3,5,8-10H2,(H,18,22)(H,19,21)/t13-,14-/m0/s1. The van der Waals surface area contributed by atoms with E-state index in [0.717, 1.165) is 12.0 Å². The first-order valence-electron chi connectivity index (χ1n) is 8.09. The highest BCUT2D eigenvalue weighted by atomic mass is 32.1. The van der Waals surface area contributed by atoms with Crippen LogP contribution in [0.25, 0.3) is 10.1 Å². The molecule has 24 heavy (non-hydrogen) atoms. The van der Waals surface area contributed by atoms with Gasteiger partial charge in [0.1, 0.15) is 6.61 Å². The Bertz CT molecular complexity index is 775. The number of amides is 3. The van der Waals surface area contributed by atoms with Gasteiger partial charge in [-0.3, -0.25) is 4.79 Å². The van der Waals surface area contributed by atoms with Gasteiger partial charge in [-0.1, -0.05) is 6.07 Å². The lowest BCUT2D eigenvalue weighted by Crippen LogP contribution is -2.62. The zero-order chi connectivity index (χ0) is 16.5. The third-order valence-corrected chi connectivity index (χ3v) is 5.47. The van der Waals surface area contributed by atoms with E-state index in [9.17, 15) is 9.59 Å². The maximum atomic E-state index is 12.4. The van der Waals surface area contributed by atoms with Crippen LogP contribution in [-0.2, 0) is 16.1 Å². The van der Waals surface area contributed by atoms with Crippen molar-refractivity contribution in [2.75, 3.05) is 19.7 Å². The molecular formula is C17H19N3O3S. The highest BCUT2D eigenvalue weighted by molar-refractivity contribution is 7.17. The molecule has 0 spiro atoms. The maximum Gasteiger partial charge on any atom is 0.317 e. The molecule has 1 aromatic carbocycles. The number of carbonyl (C=O) groups excluding carboxylic acids is 2. The Morgan fingerprint density at radius 1 is 1.42 bits per heavy atom. The van der Waals surface area contributed by atoms with E-state index in [1.807, 2.05) is 6.07 Å². The molecule has 3 heterocycles. The van der Waals surface area contributed by atoms with Gasteiger partial charge >= 0.3 is 6.03 Å². The molecule has 6 nitrogen and oxygen atoms in total. The number of benzene rings is 1. The average molecular weight is 345 g/mol. The smallest absolute Gasteiger partial charge is 0.317 e. The first-order chi connectivity index (χ1) is 11.7. The van der Waals surface area contributed by atoms with Crippen LogP contribution in [0.3, 0.4) is 0 Å². The van der Waals surface area contributed by atoms with Crippen LogP contribution in [0.15, 0.2) is 29.6 Å². The molecule has 0 unspecified atom stereocenters. The Labute approximate surface area is 143 Å². The van der Waals surface area contributed by atoms with Crippen molar-refractivity contribution < 1.29 is 14.3 Å². The molecule has 2 aromatic rings. The first kappa shape index (κ1) is 15.4. The second kappa shape index (κ2) is 6.41. The molecule has 4 rings (SSSR count). The molecule has 2 aliphatic rings. The Balaban J connectivity index is 1.35. The number of rotatable bonds is 2. The average Bonchev–Trinajstić information content (AvgIpc) is 3.06. The molecule has 2 atom stereocenters. The second-order valence-electron chi connectivity index (χ2n) is 6.21. The van der Waals surface area contributed by atoms with Crippen molar-refractivity contribution in [2.45, 2.75) is 25.1 Å². The van der Waals surface area contributed by atoms with Gasteiger partial charge in [-0.2, -0.15) is 0 Å². The maximum absolute atomic E-state index is 12.4. The molecule has 2 fully saturated rings. The largest absolute Gasteiger partial charge is 0.366 e. The fourth-order valence-electron chi connectivity index (χ4n) is 3.30. The Morgan fingerprint density at radius 2 is 2.33 bits per heavy atom. The van der Waals surface area contributed by atoms with E-state index in [1.165, 1.54) is 10.1 Å². The zero-order valence-corrected chi connectivity index (χ0v) is 14.0. The lowest BCUT2D eigenvalue weighted by atomic mass is 10.0. The number of ether oxygens (including phenoxy) is 1. The number of hydrogen-bond acceptors (Lipinski definition) is 4. The summed E-state index contributed by atoms with van der Waals surface area (Å²) in [5.41, 5.74) is 1.08. The molecule has 1 aromatic heterocycles. The number of urea groups is 1. The third-order valence-electron chi connectivity index (χ3n) is 4.57. The van der Waals surface area contributed by atoms with Crippen LogP contribution < -0.4 is 10.6 Å². The number of fused-ring (bicyclic) bond motifs is 2. The van der Waals surface area contributed by atoms with E-state index in [-0.39, 0.29) is 30.7 Å². The van der Waals surface area contributed by atoms with Crippen LogP contribution in [0.5, 0.6) is 0 Å². The van der Waals surface area contributed by atoms with Crippen molar-refractivity contribution >= 4 is 33.4 Å². The predicted octanol–water partition coefficient (Wildman–Crippen LogP) is 1.70. The highest BCUT2D eigenvalue weighted by Gasteiger charge is 2.36. The number of thiophene rings is 1. The highest BCUT2D eigenvalue weighted by Crippen LogP contribution is 2.22. The molecule has 3 amide bonds. The quantitative estimate of drug-likeness (QED) is 0.870. The lowest BCUT2D eigenvalue weighted by molar-refractivity contribution is -0.139. The van der Waals surface area contributed by atoms with Gasteiger partial charge in [0.2, 0.25) is 5.91 Å². The molecule has 0 bridgehead atoms. The summed E-state index contributed by atoms with van der Waals surface area (Å²) in [5, 5.41) is 9.15. The minimum Gasteiger partial charge on any atom is -0.366 e. The van der Waals surface area contributed by atoms with E-state index >= 15 is 0 Å². The zero-order valence-electron chi connectivity index (χ0n) is 13.2. The van der Waals surface area contributed by atoms with Gasteiger partial charge in [0.05, 0.1) is 12.1 Å². The minimum atomic E-state index is -0.109. The van der Waals surface area contributed by atoms with Crippen LogP contribution in [0.4, 0.5) is 4.79 Å². The monoisotopic (exact) mass is 345 g/mol. The van der Waals surface area contributed by atoms with Crippen LogP contribution in [-0.4, -0.2) is 48.7 Å². The second-order valence-corrected chi connectivity index (χ2v) is 7.16. The molecular weight excluding hydrogens is 326 g/mol. The van der Waals surface area contributed by atoms with Gasteiger partial charge in [-0.15, -0.1) is 11.3 Å². The Morgan fingerprint density at radius 3 is 3.25 bits per heavy atom. The number of hydrogen-bond donors (Lipinski definition) is 2. The summed E-state index contributed by atoms with van der Waals surface area (Å²) in [4.78, 5) is 25.6. The Hall–Kier alpha value is -2.12. The van der Waals surface area contributed by atoms with Gasteiger partial charge in [0.25, 0.3) is 0 Å². The van der Waals surface area contributed by atoms with Crippen molar-refractivity contribution in [3.05, 3.63) is 35.2 Å². The third kappa shape index (κ3) is 3.09. The number of piperidine rings is 1. The number of morpholine rings is 1. The van der Waals surface area contributed by atoms with E-state index in [0.29, 0.717) is 19.6 Å². The summed E-state index contributed by atoms with van der Waals surface area (Å²) in [6, 6.07) is 8.12. The predicted molar refractivity (Wildman–Crippen MR) is 91.9 cm³/mol. The van der Waals surface area contributed by atoms with Gasteiger partial charge in [0, 0.05) is 24.3 Å². The summed E-state index contributed by atoms with van der Waals surface area (Å²) >= 11 is 1.71. The summed E-state index contributed by atoms with van der Waals surface area (Å²) < 4.78 is 6.77. The number of carbonyl (C=O) groups is 2. The molecule has 0 aliphatic carbocycles. The Kier molecular flexibility index (Phi) is 4.12. The first-order valence-corrected chi connectivity index (χ1v) is 8.97. The molecule has 7 heteroatoms. The minimum absolute atomic E-state index is 0.0211. The molecule has 0 radical (unpaired) electrons. The lowest BCUT2D eigenvalue weighted by Gasteiger charge is -2.40. The summed E-state index contributed by atoms with van der Waals surface area (Å²) in [6.45, 7) is 1.76. The van der Waals surface area contributed by atoms with E-state index < -0.39 is 0 Å². The topological polar surface area (TPSA) is 70.7 Å². The van der Waals surface area contributed by atoms with Crippen LogP contribution >= 0.6 is 11.3 Å². The van der Waals surface area contributed by atoms with Crippen LogP contribution in [0.2, 0.25) is 0 Å². The molecule has 2 aliphatic heterocycles. The van der Waals surface area contributed by atoms with Crippen LogP contribution in [0.1, 0.15) is 12.0 Å². The molecule has 2 saturated heterocycles. The fraction of sp³-hybridized carbons (Fsp3) is 0.412. The summed E-state index contributed by atoms with van der Waals surface area (Å²) in [6.07, 6.45) is 0.770. The molecule has 0 saturated carbocycles. The molecule has 2 N–H and O–H groups in total. The van der Waals surface area contributed by atoms with Crippen molar-refractivity contribution in [1.29, 1.82) is 0 Å².